The predicted octanol–water partition coefficient (Wildman–Crippen LogP) is 7.04. The number of hydrogen-bond donors (Lipinski definition) is 4. The molecule has 0 aromatic heterocycles. The Hall–Kier alpha value is -5.15. The first-order valence-corrected chi connectivity index (χ1v) is 14.9. The van der Waals surface area contributed by atoms with Crippen molar-refractivity contribution in [2.24, 2.45) is 0 Å². The summed E-state index contributed by atoms with van der Waals surface area (Å²) in [5.74, 6) is -1.85. The largest absolute Gasteiger partial charge is 0.478 e. The lowest BCUT2D eigenvalue weighted by Gasteiger charge is -2.14. The lowest BCUT2D eigenvalue weighted by Crippen LogP contribution is -2.30. The van der Waals surface area contributed by atoms with E-state index < -0.39 is 23.0 Å². The Morgan fingerprint density at radius 1 is 0.727 bits per heavy atom. The number of aromatic carboxylic acids is 1. The van der Waals surface area contributed by atoms with Gasteiger partial charge in [-0.3, -0.25) is 14.4 Å². The van der Waals surface area contributed by atoms with Crippen molar-refractivity contribution in [1.82, 2.24) is 5.32 Å². The molecule has 8 nitrogen and oxygen atoms in total. The van der Waals surface area contributed by atoms with Crippen LogP contribution in [0.4, 0.5) is 11.4 Å². The first-order valence-electron chi connectivity index (χ1n) is 14.0. The molecule has 1 unspecified atom stereocenters. The number of anilines is 2. The molecule has 4 rings (SSSR count). The second-order valence-electron chi connectivity index (χ2n) is 10.3. The minimum absolute atomic E-state index is 0.0795. The molecule has 0 aliphatic carbocycles. The summed E-state index contributed by atoms with van der Waals surface area (Å²) >= 11 is 1.30. The quantitative estimate of drug-likeness (QED) is 0.107. The summed E-state index contributed by atoms with van der Waals surface area (Å²) in [5.41, 5.74) is 3.53. The van der Waals surface area contributed by atoms with E-state index in [2.05, 4.69) is 29.8 Å². The SMILES string of the molecule is CC(Sc1cccc(NC(=O)/C(=C\c2ccc(C(C)C)cc2)NC(=O)c2ccccc2)c1)C(=O)Nc1ccc(C(=O)O)cc1. The highest BCUT2D eigenvalue weighted by molar-refractivity contribution is 8.00. The molecule has 3 amide bonds. The fourth-order valence-corrected chi connectivity index (χ4v) is 5.06. The summed E-state index contributed by atoms with van der Waals surface area (Å²) in [5, 5.41) is 17.0. The molecule has 0 aliphatic heterocycles. The van der Waals surface area contributed by atoms with Crippen LogP contribution < -0.4 is 16.0 Å². The van der Waals surface area contributed by atoms with Crippen LogP contribution in [-0.2, 0) is 9.59 Å². The molecule has 0 saturated carbocycles. The minimum atomic E-state index is -1.04. The van der Waals surface area contributed by atoms with Gasteiger partial charge in [0.1, 0.15) is 5.70 Å². The van der Waals surface area contributed by atoms with Crippen LogP contribution in [0.3, 0.4) is 0 Å². The first-order chi connectivity index (χ1) is 21.1. The van der Waals surface area contributed by atoms with Gasteiger partial charge in [-0.15, -0.1) is 11.8 Å². The number of carboxylic acids is 1. The van der Waals surface area contributed by atoms with E-state index in [1.807, 2.05) is 36.4 Å². The Bertz CT molecular complexity index is 1670. The van der Waals surface area contributed by atoms with E-state index in [0.29, 0.717) is 22.9 Å². The number of carbonyl (C=O) groups is 4. The van der Waals surface area contributed by atoms with Gasteiger partial charge in [0.05, 0.1) is 10.8 Å². The summed E-state index contributed by atoms with van der Waals surface area (Å²) in [6.45, 7) is 5.96. The van der Waals surface area contributed by atoms with E-state index in [0.717, 1.165) is 16.0 Å². The predicted molar refractivity (Wildman–Crippen MR) is 175 cm³/mol. The molecule has 1 atom stereocenters. The van der Waals surface area contributed by atoms with Gasteiger partial charge in [0.15, 0.2) is 0 Å². The van der Waals surface area contributed by atoms with Crippen LogP contribution in [0.5, 0.6) is 0 Å². The first kappa shape index (κ1) is 31.8. The van der Waals surface area contributed by atoms with Crippen molar-refractivity contribution in [3.05, 3.63) is 131 Å². The molecule has 0 radical (unpaired) electrons. The molecule has 9 heteroatoms. The molecule has 0 heterocycles. The normalized spacial score (nSPS) is 11.9. The summed E-state index contributed by atoms with van der Waals surface area (Å²) in [6.07, 6.45) is 1.63. The van der Waals surface area contributed by atoms with Crippen molar-refractivity contribution in [2.75, 3.05) is 10.6 Å². The van der Waals surface area contributed by atoms with Crippen LogP contribution in [0.15, 0.2) is 114 Å². The fraction of sp³-hybridized carbons (Fsp3) is 0.143. The number of benzene rings is 4. The minimum Gasteiger partial charge on any atom is -0.478 e. The van der Waals surface area contributed by atoms with Crippen molar-refractivity contribution in [3.63, 3.8) is 0 Å². The van der Waals surface area contributed by atoms with Gasteiger partial charge in [0.2, 0.25) is 5.91 Å². The number of thioether (sulfide) groups is 1. The van der Waals surface area contributed by atoms with E-state index in [-0.39, 0.29) is 17.2 Å². The van der Waals surface area contributed by atoms with E-state index in [4.69, 9.17) is 5.11 Å². The lowest BCUT2D eigenvalue weighted by atomic mass is 10.0. The third kappa shape index (κ3) is 8.92. The Balaban J connectivity index is 1.47. The Labute approximate surface area is 260 Å². The maximum atomic E-state index is 13.5. The van der Waals surface area contributed by atoms with Gasteiger partial charge >= 0.3 is 5.97 Å². The number of nitrogens with one attached hydrogen (secondary N) is 3. The topological polar surface area (TPSA) is 125 Å². The average molecular weight is 608 g/mol. The zero-order valence-corrected chi connectivity index (χ0v) is 25.4. The van der Waals surface area contributed by atoms with Crippen molar-refractivity contribution in [3.8, 4) is 0 Å². The summed E-state index contributed by atoms with van der Waals surface area (Å²) in [4.78, 5) is 51.0. The average Bonchev–Trinajstić information content (AvgIpc) is 3.01. The van der Waals surface area contributed by atoms with E-state index >= 15 is 0 Å². The maximum Gasteiger partial charge on any atom is 0.335 e. The molecular weight excluding hydrogens is 574 g/mol. The molecule has 0 bridgehead atoms. The third-order valence-corrected chi connectivity index (χ3v) is 7.71. The molecule has 0 spiro atoms. The zero-order valence-electron chi connectivity index (χ0n) is 24.5. The van der Waals surface area contributed by atoms with Gasteiger partial charge in [-0.05, 0) is 84.6 Å². The zero-order chi connectivity index (χ0) is 31.6. The van der Waals surface area contributed by atoms with E-state index in [1.54, 1.807) is 55.5 Å². The van der Waals surface area contributed by atoms with Crippen molar-refractivity contribution in [2.45, 2.75) is 36.8 Å². The third-order valence-electron chi connectivity index (χ3n) is 6.62. The van der Waals surface area contributed by atoms with Crippen molar-refractivity contribution >= 4 is 52.9 Å². The van der Waals surface area contributed by atoms with Gasteiger partial charge in [-0.1, -0.05) is 62.4 Å². The highest BCUT2D eigenvalue weighted by atomic mass is 32.2. The molecule has 0 aliphatic rings. The van der Waals surface area contributed by atoms with Crippen LogP contribution in [0.1, 0.15) is 58.5 Å². The number of carboxylic acid groups (broad SMARTS) is 1. The molecular formula is C35H33N3O5S. The van der Waals surface area contributed by atoms with Gasteiger partial charge in [0.25, 0.3) is 11.8 Å². The highest BCUT2D eigenvalue weighted by Gasteiger charge is 2.18. The van der Waals surface area contributed by atoms with Crippen molar-refractivity contribution in [1.29, 1.82) is 0 Å². The molecule has 0 fully saturated rings. The van der Waals surface area contributed by atoms with Gasteiger partial charge in [-0.25, -0.2) is 4.79 Å². The molecule has 4 aromatic rings. The van der Waals surface area contributed by atoms with Crippen LogP contribution in [-0.4, -0.2) is 34.0 Å². The second-order valence-corrected chi connectivity index (χ2v) is 11.7. The van der Waals surface area contributed by atoms with Crippen LogP contribution in [0.2, 0.25) is 0 Å². The number of carbonyl (C=O) groups excluding carboxylic acids is 3. The fourth-order valence-electron chi connectivity index (χ4n) is 4.13. The second kappa shape index (κ2) is 14.8. The van der Waals surface area contributed by atoms with Crippen LogP contribution in [0.25, 0.3) is 6.08 Å². The summed E-state index contributed by atoms with van der Waals surface area (Å²) < 4.78 is 0. The van der Waals surface area contributed by atoms with Gasteiger partial charge in [0, 0.05) is 21.8 Å². The lowest BCUT2D eigenvalue weighted by molar-refractivity contribution is -0.115. The van der Waals surface area contributed by atoms with Crippen LogP contribution in [0, 0.1) is 0 Å². The summed E-state index contributed by atoms with van der Waals surface area (Å²) in [6, 6.07) is 29.5. The van der Waals surface area contributed by atoms with E-state index in [9.17, 15) is 19.2 Å². The monoisotopic (exact) mass is 607 g/mol. The Kier molecular flexibility index (Phi) is 10.7. The molecule has 4 aromatic carbocycles. The van der Waals surface area contributed by atoms with Gasteiger partial charge < -0.3 is 21.1 Å². The standard InChI is InChI=1S/C35H33N3O5S/c1-22(2)25-14-12-24(13-15-25)20-31(38-33(40)26-8-5-4-6-9-26)34(41)37-29-10-7-11-30(21-29)44-23(3)32(39)36-28-18-16-27(17-19-28)35(42)43/h4-23H,1-3H3,(H,36,39)(H,37,41)(H,38,40)(H,42,43)/b31-20+. The number of amides is 3. The molecule has 224 valence electrons. The Morgan fingerprint density at radius 3 is 2.05 bits per heavy atom. The van der Waals surface area contributed by atoms with Crippen LogP contribution >= 0.6 is 11.8 Å². The van der Waals surface area contributed by atoms with Gasteiger partial charge in [-0.2, -0.15) is 0 Å². The van der Waals surface area contributed by atoms with Crippen molar-refractivity contribution < 1.29 is 24.3 Å². The Morgan fingerprint density at radius 2 is 1.41 bits per heavy atom. The highest BCUT2D eigenvalue weighted by Crippen LogP contribution is 2.27. The molecule has 0 saturated heterocycles. The van der Waals surface area contributed by atoms with E-state index in [1.165, 1.54) is 36.0 Å². The smallest absolute Gasteiger partial charge is 0.335 e. The number of rotatable bonds is 11. The molecule has 4 N–H and O–H groups in total. The molecule has 44 heavy (non-hydrogen) atoms. The summed E-state index contributed by atoms with van der Waals surface area (Å²) in [7, 11) is 0. The number of hydrogen-bond acceptors (Lipinski definition) is 5. The maximum absolute atomic E-state index is 13.5.